The molecule has 0 bridgehead atoms. The number of hydrogen-bond acceptors (Lipinski definition) is 2. The second-order valence-corrected chi connectivity index (χ2v) is 7.31. The number of carbonyl (C=O) groups excluding carboxylic acids is 1. The van der Waals surface area contributed by atoms with Crippen molar-refractivity contribution in [1.82, 2.24) is 10.2 Å². The van der Waals surface area contributed by atoms with Gasteiger partial charge in [-0.15, -0.1) is 0 Å². The zero-order valence-corrected chi connectivity index (χ0v) is 15.0. The van der Waals surface area contributed by atoms with Gasteiger partial charge in [-0.05, 0) is 47.9 Å². The molecule has 4 rings (SSSR count). The average molecular weight is 353 g/mol. The summed E-state index contributed by atoms with van der Waals surface area (Å²) in [5, 5.41) is 3.95. The number of hydrogen-bond donors (Lipinski definition) is 1. The molecule has 2 aromatic rings. The number of likely N-dealkylation sites (N-methyl/N-ethyl adjacent to an activating group) is 1. The molecular weight excluding hydrogens is 332 g/mol. The van der Waals surface area contributed by atoms with E-state index in [9.17, 15) is 4.79 Å². The van der Waals surface area contributed by atoms with Gasteiger partial charge in [0.25, 0.3) is 0 Å². The number of carbonyl (C=O) groups is 1. The maximum atomic E-state index is 12.6. The van der Waals surface area contributed by atoms with Gasteiger partial charge in [0.05, 0.1) is 0 Å². The summed E-state index contributed by atoms with van der Waals surface area (Å²) < 4.78 is 0. The van der Waals surface area contributed by atoms with Crippen LogP contribution in [0.15, 0.2) is 48.0 Å². The van der Waals surface area contributed by atoms with Gasteiger partial charge in [0.15, 0.2) is 0 Å². The minimum atomic E-state index is 0.0366. The minimum absolute atomic E-state index is 0.0366. The van der Waals surface area contributed by atoms with E-state index in [0.717, 1.165) is 35.5 Å². The SMILES string of the molecule is CN1Cc2cccc(Cl)c2CC1CNC(=O)C1=Cc2ccccc2C1. The van der Waals surface area contributed by atoms with Crippen molar-refractivity contribution in [2.45, 2.75) is 25.4 Å². The number of nitrogens with zero attached hydrogens (tertiary/aromatic N) is 1. The van der Waals surface area contributed by atoms with E-state index >= 15 is 0 Å². The number of rotatable bonds is 3. The summed E-state index contributed by atoms with van der Waals surface area (Å²) in [5.74, 6) is 0.0366. The summed E-state index contributed by atoms with van der Waals surface area (Å²) >= 11 is 6.36. The molecule has 1 atom stereocenters. The van der Waals surface area contributed by atoms with Crippen LogP contribution in [0.5, 0.6) is 0 Å². The van der Waals surface area contributed by atoms with E-state index in [1.54, 1.807) is 0 Å². The fraction of sp³-hybridized carbons (Fsp3) is 0.286. The molecular formula is C21H21ClN2O. The molecule has 0 spiro atoms. The van der Waals surface area contributed by atoms with Crippen LogP contribution >= 0.6 is 11.6 Å². The molecule has 1 amide bonds. The van der Waals surface area contributed by atoms with Crippen LogP contribution in [-0.4, -0.2) is 30.4 Å². The third-order valence-corrected chi connectivity index (χ3v) is 5.61. The lowest BCUT2D eigenvalue weighted by Gasteiger charge is -2.34. The third-order valence-electron chi connectivity index (χ3n) is 5.25. The fourth-order valence-electron chi connectivity index (χ4n) is 3.75. The molecule has 1 heterocycles. The largest absolute Gasteiger partial charge is 0.351 e. The normalized spacial score (nSPS) is 19.1. The van der Waals surface area contributed by atoms with Crippen LogP contribution in [0.2, 0.25) is 5.02 Å². The number of halogens is 1. The topological polar surface area (TPSA) is 32.3 Å². The molecule has 0 aromatic heterocycles. The minimum Gasteiger partial charge on any atom is -0.351 e. The van der Waals surface area contributed by atoms with E-state index in [0.29, 0.717) is 6.54 Å². The molecule has 1 unspecified atom stereocenters. The summed E-state index contributed by atoms with van der Waals surface area (Å²) in [4.78, 5) is 14.8. The number of benzene rings is 2. The third kappa shape index (κ3) is 3.22. The predicted molar refractivity (Wildman–Crippen MR) is 102 cm³/mol. The van der Waals surface area contributed by atoms with Crippen molar-refractivity contribution < 1.29 is 4.79 Å². The van der Waals surface area contributed by atoms with Crippen molar-refractivity contribution in [2.24, 2.45) is 0 Å². The smallest absolute Gasteiger partial charge is 0.247 e. The highest BCUT2D eigenvalue weighted by Gasteiger charge is 2.26. The van der Waals surface area contributed by atoms with Crippen LogP contribution in [0.3, 0.4) is 0 Å². The van der Waals surface area contributed by atoms with E-state index in [1.165, 1.54) is 16.7 Å². The molecule has 3 nitrogen and oxygen atoms in total. The zero-order valence-electron chi connectivity index (χ0n) is 14.3. The van der Waals surface area contributed by atoms with Crippen molar-refractivity contribution in [3.63, 3.8) is 0 Å². The summed E-state index contributed by atoms with van der Waals surface area (Å²) in [7, 11) is 2.10. The lowest BCUT2D eigenvalue weighted by molar-refractivity contribution is -0.117. The maximum Gasteiger partial charge on any atom is 0.247 e. The highest BCUT2D eigenvalue weighted by molar-refractivity contribution is 6.31. The van der Waals surface area contributed by atoms with Crippen LogP contribution in [0.1, 0.15) is 22.3 Å². The molecule has 4 heteroatoms. The molecule has 2 aliphatic rings. The van der Waals surface area contributed by atoms with Gasteiger partial charge in [-0.2, -0.15) is 0 Å². The van der Waals surface area contributed by atoms with E-state index in [2.05, 4.69) is 35.5 Å². The van der Waals surface area contributed by atoms with Gasteiger partial charge < -0.3 is 5.32 Å². The van der Waals surface area contributed by atoms with Crippen LogP contribution in [-0.2, 0) is 24.2 Å². The molecule has 0 radical (unpaired) electrons. The molecule has 0 saturated heterocycles. The first-order chi connectivity index (χ1) is 12.1. The van der Waals surface area contributed by atoms with E-state index in [1.807, 2.05) is 30.3 Å². The Morgan fingerprint density at radius 2 is 2.00 bits per heavy atom. The van der Waals surface area contributed by atoms with Crippen LogP contribution in [0, 0.1) is 0 Å². The zero-order chi connectivity index (χ0) is 17.4. The second-order valence-electron chi connectivity index (χ2n) is 6.91. The fourth-order valence-corrected chi connectivity index (χ4v) is 4.02. The first-order valence-corrected chi connectivity index (χ1v) is 9.03. The highest BCUT2D eigenvalue weighted by Crippen LogP contribution is 2.28. The lowest BCUT2D eigenvalue weighted by atomic mass is 9.94. The Morgan fingerprint density at radius 3 is 2.84 bits per heavy atom. The Bertz CT molecular complexity index is 859. The Balaban J connectivity index is 1.41. The molecule has 2 aromatic carbocycles. The molecule has 128 valence electrons. The van der Waals surface area contributed by atoms with Crippen molar-refractivity contribution in [3.8, 4) is 0 Å². The Kier molecular flexibility index (Phi) is 4.36. The average Bonchev–Trinajstić information content (AvgIpc) is 3.04. The van der Waals surface area contributed by atoms with Crippen LogP contribution in [0.4, 0.5) is 0 Å². The van der Waals surface area contributed by atoms with Crippen molar-refractivity contribution in [1.29, 1.82) is 0 Å². The lowest BCUT2D eigenvalue weighted by Crippen LogP contribution is -2.45. The molecule has 1 aliphatic heterocycles. The molecule has 0 fully saturated rings. The summed E-state index contributed by atoms with van der Waals surface area (Å²) in [6.07, 6.45) is 3.59. The van der Waals surface area contributed by atoms with E-state index in [4.69, 9.17) is 11.6 Å². The van der Waals surface area contributed by atoms with Gasteiger partial charge in [0.2, 0.25) is 5.91 Å². The highest BCUT2D eigenvalue weighted by atomic mass is 35.5. The molecule has 25 heavy (non-hydrogen) atoms. The van der Waals surface area contributed by atoms with E-state index < -0.39 is 0 Å². The standard InChI is InChI=1S/C21H21ClN2O/c1-24-13-16-7-4-8-20(22)19(16)11-18(24)12-23-21(25)17-9-14-5-2-3-6-15(14)10-17/h2-9,18H,10-13H2,1H3,(H,23,25). The second kappa shape index (κ2) is 6.66. The summed E-state index contributed by atoms with van der Waals surface area (Å²) in [6.45, 7) is 1.50. The molecule has 1 aliphatic carbocycles. The molecule has 0 saturated carbocycles. The van der Waals surface area contributed by atoms with E-state index in [-0.39, 0.29) is 11.9 Å². The van der Waals surface area contributed by atoms with Gasteiger partial charge in [-0.25, -0.2) is 0 Å². The first-order valence-electron chi connectivity index (χ1n) is 8.65. The Hall–Kier alpha value is -2.10. The van der Waals surface area contributed by atoms with Crippen LogP contribution in [0.25, 0.3) is 6.08 Å². The number of fused-ring (bicyclic) bond motifs is 2. The molecule has 1 N–H and O–H groups in total. The Morgan fingerprint density at radius 1 is 1.20 bits per heavy atom. The van der Waals surface area contributed by atoms with Crippen LogP contribution < -0.4 is 5.32 Å². The van der Waals surface area contributed by atoms with Gasteiger partial charge in [0.1, 0.15) is 0 Å². The van der Waals surface area contributed by atoms with Gasteiger partial charge in [0, 0.05) is 36.1 Å². The maximum absolute atomic E-state index is 12.6. The number of nitrogens with one attached hydrogen (secondary N) is 1. The van der Waals surface area contributed by atoms with Crippen molar-refractivity contribution >= 4 is 23.6 Å². The predicted octanol–water partition coefficient (Wildman–Crippen LogP) is 3.45. The van der Waals surface area contributed by atoms with Gasteiger partial charge in [-0.1, -0.05) is 48.0 Å². The monoisotopic (exact) mass is 352 g/mol. The summed E-state index contributed by atoms with van der Waals surface area (Å²) in [6, 6.07) is 14.5. The van der Waals surface area contributed by atoms with Gasteiger partial charge in [-0.3, -0.25) is 9.69 Å². The van der Waals surface area contributed by atoms with Gasteiger partial charge >= 0.3 is 0 Å². The van der Waals surface area contributed by atoms with Crippen molar-refractivity contribution in [3.05, 3.63) is 75.3 Å². The quantitative estimate of drug-likeness (QED) is 0.917. The summed E-state index contributed by atoms with van der Waals surface area (Å²) in [5.41, 5.74) is 5.73. The first kappa shape index (κ1) is 16.4. The van der Waals surface area contributed by atoms with Crippen molar-refractivity contribution in [2.75, 3.05) is 13.6 Å². The Labute approximate surface area is 153 Å². The number of amides is 1.